The zero-order valence-electron chi connectivity index (χ0n) is 14.1. The molecule has 0 saturated heterocycles. The van der Waals surface area contributed by atoms with Crippen molar-refractivity contribution in [2.24, 2.45) is 5.73 Å². The summed E-state index contributed by atoms with van der Waals surface area (Å²) in [5.74, 6) is 0. The standard InChI is InChI=1S/C15H20N2O3.C2H7N/c1-17(15(11-20)3-2-6-18)9-14-7-12(8-16)4-5-13(14)10-19;1-3-2/h4-7,10-11,15H,2-3,8-9,16H2,1H3;3H,1-2H3. The number of rotatable bonds is 9. The highest BCUT2D eigenvalue weighted by Gasteiger charge is 2.15. The first-order valence-corrected chi connectivity index (χ1v) is 7.52. The minimum absolute atomic E-state index is 0.332. The third kappa shape index (κ3) is 7.78. The van der Waals surface area contributed by atoms with Crippen LogP contribution in [0, 0.1) is 0 Å². The third-order valence-corrected chi connectivity index (χ3v) is 3.29. The van der Waals surface area contributed by atoms with E-state index in [0.717, 1.165) is 30.0 Å². The molecule has 6 heteroatoms. The van der Waals surface area contributed by atoms with Crippen molar-refractivity contribution in [2.75, 3.05) is 21.1 Å². The maximum absolute atomic E-state index is 11.1. The Bertz CT molecular complexity index is 492. The van der Waals surface area contributed by atoms with Gasteiger partial charge in [0, 0.05) is 25.1 Å². The Morgan fingerprint density at radius 2 is 1.91 bits per heavy atom. The number of nitrogens with one attached hydrogen (secondary N) is 1. The highest BCUT2D eigenvalue weighted by atomic mass is 16.1. The SMILES string of the molecule is CN(Cc1cc(CN)ccc1C=O)C(C=O)CCC=O.CNC. The first kappa shape index (κ1) is 21.1. The van der Waals surface area contributed by atoms with Crippen LogP contribution in [-0.2, 0) is 22.7 Å². The molecule has 0 spiro atoms. The molecule has 0 fully saturated rings. The van der Waals surface area contributed by atoms with E-state index in [1.807, 2.05) is 31.1 Å². The molecule has 1 aromatic carbocycles. The Morgan fingerprint density at radius 3 is 2.39 bits per heavy atom. The van der Waals surface area contributed by atoms with Gasteiger partial charge in [-0.2, -0.15) is 0 Å². The number of hydrogen-bond acceptors (Lipinski definition) is 6. The van der Waals surface area contributed by atoms with Gasteiger partial charge in [-0.15, -0.1) is 0 Å². The highest BCUT2D eigenvalue weighted by molar-refractivity contribution is 5.77. The molecular weight excluding hydrogens is 294 g/mol. The molecule has 1 aromatic rings. The van der Waals surface area contributed by atoms with E-state index in [9.17, 15) is 14.4 Å². The van der Waals surface area contributed by atoms with Crippen molar-refractivity contribution in [3.63, 3.8) is 0 Å². The molecule has 0 aliphatic heterocycles. The van der Waals surface area contributed by atoms with Gasteiger partial charge in [0.2, 0.25) is 0 Å². The van der Waals surface area contributed by atoms with Gasteiger partial charge in [0.25, 0.3) is 0 Å². The van der Waals surface area contributed by atoms with Gasteiger partial charge in [-0.3, -0.25) is 9.69 Å². The summed E-state index contributed by atoms with van der Waals surface area (Å²) in [5, 5.41) is 2.75. The number of nitrogens with two attached hydrogens (primary N) is 1. The quantitative estimate of drug-likeness (QED) is 0.653. The molecule has 0 bridgehead atoms. The number of hydrogen-bond donors (Lipinski definition) is 2. The second-order valence-electron chi connectivity index (χ2n) is 5.22. The number of carbonyl (C=O) groups is 3. The highest BCUT2D eigenvalue weighted by Crippen LogP contribution is 2.14. The summed E-state index contributed by atoms with van der Waals surface area (Å²) in [4.78, 5) is 34.4. The molecule has 23 heavy (non-hydrogen) atoms. The summed E-state index contributed by atoms with van der Waals surface area (Å²) in [6.45, 7) is 0.863. The zero-order chi connectivity index (χ0) is 17.7. The van der Waals surface area contributed by atoms with Crippen LogP contribution >= 0.6 is 0 Å². The molecule has 1 atom stereocenters. The Labute approximate surface area is 138 Å². The van der Waals surface area contributed by atoms with E-state index in [2.05, 4.69) is 5.32 Å². The van der Waals surface area contributed by atoms with Crippen molar-refractivity contribution in [2.45, 2.75) is 32.0 Å². The number of nitrogens with zero attached hydrogens (tertiary/aromatic N) is 1. The van der Waals surface area contributed by atoms with Crippen LogP contribution < -0.4 is 11.1 Å². The summed E-state index contributed by atoms with van der Waals surface area (Å²) in [5.41, 5.74) is 7.96. The zero-order valence-corrected chi connectivity index (χ0v) is 14.1. The third-order valence-electron chi connectivity index (χ3n) is 3.29. The van der Waals surface area contributed by atoms with Gasteiger partial charge >= 0.3 is 0 Å². The molecule has 128 valence electrons. The molecule has 3 N–H and O–H groups in total. The van der Waals surface area contributed by atoms with Gasteiger partial charge in [-0.05, 0) is 38.7 Å². The lowest BCUT2D eigenvalue weighted by Crippen LogP contribution is -2.33. The summed E-state index contributed by atoms with van der Waals surface area (Å²) in [6.07, 6.45) is 3.26. The predicted octanol–water partition coefficient (Wildman–Crippen LogP) is 0.772. The summed E-state index contributed by atoms with van der Waals surface area (Å²) >= 11 is 0. The minimum Gasteiger partial charge on any atom is -0.326 e. The Kier molecular flexibility index (Phi) is 11.6. The van der Waals surface area contributed by atoms with E-state index >= 15 is 0 Å². The summed E-state index contributed by atoms with van der Waals surface area (Å²) in [6, 6.07) is 5.10. The van der Waals surface area contributed by atoms with Gasteiger partial charge in [0.05, 0.1) is 6.04 Å². The second kappa shape index (κ2) is 12.6. The van der Waals surface area contributed by atoms with Gasteiger partial charge in [0.15, 0.2) is 0 Å². The van der Waals surface area contributed by atoms with Crippen LogP contribution in [0.3, 0.4) is 0 Å². The molecular formula is C17H27N3O3. The van der Waals surface area contributed by atoms with Crippen molar-refractivity contribution in [1.29, 1.82) is 0 Å². The largest absolute Gasteiger partial charge is 0.326 e. The molecule has 0 radical (unpaired) electrons. The van der Waals surface area contributed by atoms with Crippen molar-refractivity contribution in [3.8, 4) is 0 Å². The van der Waals surface area contributed by atoms with Crippen LogP contribution in [0.5, 0.6) is 0 Å². The molecule has 1 unspecified atom stereocenters. The lowest BCUT2D eigenvalue weighted by molar-refractivity contribution is -0.113. The molecule has 6 nitrogen and oxygen atoms in total. The smallest absolute Gasteiger partial charge is 0.150 e. The molecule has 0 heterocycles. The molecule has 0 saturated carbocycles. The fourth-order valence-electron chi connectivity index (χ4n) is 2.06. The topological polar surface area (TPSA) is 92.5 Å². The lowest BCUT2D eigenvalue weighted by atomic mass is 10.0. The minimum atomic E-state index is -0.332. The summed E-state index contributed by atoms with van der Waals surface area (Å²) < 4.78 is 0. The monoisotopic (exact) mass is 321 g/mol. The van der Waals surface area contributed by atoms with Crippen LogP contribution in [0.25, 0.3) is 0 Å². The molecule has 0 aliphatic rings. The van der Waals surface area contributed by atoms with Gasteiger partial charge in [-0.1, -0.05) is 18.2 Å². The predicted molar refractivity (Wildman–Crippen MR) is 91.3 cm³/mol. The van der Waals surface area contributed by atoms with E-state index in [0.29, 0.717) is 31.5 Å². The van der Waals surface area contributed by atoms with Crippen molar-refractivity contribution in [3.05, 3.63) is 34.9 Å². The van der Waals surface area contributed by atoms with Crippen molar-refractivity contribution >= 4 is 18.9 Å². The van der Waals surface area contributed by atoms with Crippen LogP contribution in [0.15, 0.2) is 18.2 Å². The first-order chi connectivity index (χ1) is 11.1. The van der Waals surface area contributed by atoms with Gasteiger partial charge < -0.3 is 20.6 Å². The molecule has 0 aliphatic carbocycles. The van der Waals surface area contributed by atoms with Crippen LogP contribution in [0.2, 0.25) is 0 Å². The maximum atomic E-state index is 11.1. The number of likely N-dealkylation sites (N-methyl/N-ethyl adjacent to an activating group) is 1. The van der Waals surface area contributed by atoms with Crippen LogP contribution in [0.4, 0.5) is 0 Å². The molecule has 0 amide bonds. The molecule has 0 aromatic heterocycles. The Hall–Kier alpha value is -1.89. The van der Waals surface area contributed by atoms with Crippen molar-refractivity contribution in [1.82, 2.24) is 10.2 Å². The van der Waals surface area contributed by atoms with E-state index in [1.54, 1.807) is 13.1 Å². The normalized spacial score (nSPS) is 11.3. The Balaban J connectivity index is 0.00000149. The van der Waals surface area contributed by atoms with E-state index in [-0.39, 0.29) is 6.04 Å². The number of carbonyl (C=O) groups excluding carboxylic acids is 3. The Morgan fingerprint density at radius 1 is 1.26 bits per heavy atom. The first-order valence-electron chi connectivity index (χ1n) is 7.52. The van der Waals surface area contributed by atoms with Crippen LogP contribution in [0.1, 0.15) is 34.3 Å². The van der Waals surface area contributed by atoms with E-state index in [4.69, 9.17) is 5.73 Å². The summed E-state index contributed by atoms with van der Waals surface area (Å²) in [7, 11) is 5.55. The number of benzene rings is 1. The average molecular weight is 321 g/mol. The van der Waals surface area contributed by atoms with Gasteiger partial charge in [0.1, 0.15) is 18.9 Å². The maximum Gasteiger partial charge on any atom is 0.150 e. The van der Waals surface area contributed by atoms with Gasteiger partial charge in [-0.25, -0.2) is 0 Å². The average Bonchev–Trinajstić information content (AvgIpc) is 2.56. The lowest BCUT2D eigenvalue weighted by Gasteiger charge is -2.23. The van der Waals surface area contributed by atoms with E-state index in [1.165, 1.54) is 0 Å². The number of aldehydes is 3. The fraction of sp³-hybridized carbons (Fsp3) is 0.471. The van der Waals surface area contributed by atoms with Crippen molar-refractivity contribution < 1.29 is 14.4 Å². The fourth-order valence-corrected chi connectivity index (χ4v) is 2.06. The molecule has 1 rings (SSSR count). The van der Waals surface area contributed by atoms with E-state index < -0.39 is 0 Å². The second-order valence-corrected chi connectivity index (χ2v) is 5.22. The van der Waals surface area contributed by atoms with Crippen LogP contribution in [-0.4, -0.2) is 50.9 Å².